The molecule has 3 heterocycles. The minimum Gasteiger partial charge on any atom is -0.340 e. The van der Waals surface area contributed by atoms with Gasteiger partial charge in [0.1, 0.15) is 17.8 Å². The van der Waals surface area contributed by atoms with Crippen LogP contribution in [-0.2, 0) is 7.05 Å². The van der Waals surface area contributed by atoms with E-state index >= 15 is 0 Å². The van der Waals surface area contributed by atoms with Gasteiger partial charge in [0.25, 0.3) is 5.91 Å². The maximum absolute atomic E-state index is 12.7. The number of carbonyl (C=O) groups is 1. The van der Waals surface area contributed by atoms with Gasteiger partial charge in [-0.25, -0.2) is 14.5 Å². The maximum atomic E-state index is 12.7. The van der Waals surface area contributed by atoms with Crippen LogP contribution in [0.25, 0.3) is 5.65 Å². The molecule has 24 heavy (non-hydrogen) atoms. The van der Waals surface area contributed by atoms with Gasteiger partial charge in [0.2, 0.25) is 0 Å². The molecule has 8 nitrogen and oxygen atoms in total. The fourth-order valence-electron chi connectivity index (χ4n) is 2.69. The Hall–Kier alpha value is -2.77. The molecular weight excluding hydrogens is 306 g/mol. The van der Waals surface area contributed by atoms with Crippen LogP contribution in [-0.4, -0.2) is 35.3 Å². The largest absolute Gasteiger partial charge is 0.340 e. The summed E-state index contributed by atoms with van der Waals surface area (Å²) >= 11 is 0. The fraction of sp³-hybridized carbons (Fsp3) is 0.438. The van der Waals surface area contributed by atoms with Gasteiger partial charge in [-0.15, -0.1) is 0 Å². The van der Waals surface area contributed by atoms with E-state index in [9.17, 15) is 4.79 Å². The Bertz CT molecular complexity index is 893. The standard InChI is InChI=1S/C16H21N7O/c1-9(2)14(15-17-8-18-22(15)5)20-16(24)12-7-11(4)23-13(19-12)6-10(3)21-23/h6-9,14H,1-5H3,(H,20,24)/t14-/m1/s1. The number of rotatable bonds is 4. The number of amides is 1. The number of carbonyl (C=O) groups excluding carboxylic acids is 1. The van der Waals surface area contributed by atoms with Crippen molar-refractivity contribution in [1.82, 2.24) is 34.7 Å². The van der Waals surface area contributed by atoms with Crippen molar-refractivity contribution in [2.45, 2.75) is 33.7 Å². The van der Waals surface area contributed by atoms with Crippen molar-refractivity contribution < 1.29 is 4.79 Å². The predicted octanol–water partition coefficient (Wildman–Crippen LogP) is 1.60. The number of nitrogens with zero attached hydrogens (tertiary/aromatic N) is 6. The van der Waals surface area contributed by atoms with E-state index in [0.29, 0.717) is 11.3 Å². The SMILES string of the molecule is Cc1cc2nc(C(=O)N[C@@H](c3ncnn3C)C(C)C)cc(C)n2n1. The van der Waals surface area contributed by atoms with Crippen LogP contribution in [0.1, 0.15) is 47.6 Å². The fourth-order valence-corrected chi connectivity index (χ4v) is 2.69. The van der Waals surface area contributed by atoms with E-state index in [1.54, 1.807) is 15.3 Å². The molecule has 0 radical (unpaired) electrons. The van der Waals surface area contributed by atoms with Gasteiger partial charge in [-0.2, -0.15) is 10.2 Å². The highest BCUT2D eigenvalue weighted by molar-refractivity contribution is 5.93. The van der Waals surface area contributed by atoms with Crippen LogP contribution in [0.15, 0.2) is 18.5 Å². The lowest BCUT2D eigenvalue weighted by Crippen LogP contribution is -2.34. The second kappa shape index (κ2) is 6.03. The first-order valence-electron chi connectivity index (χ1n) is 7.85. The van der Waals surface area contributed by atoms with Crippen LogP contribution in [0.3, 0.4) is 0 Å². The van der Waals surface area contributed by atoms with Gasteiger partial charge in [0, 0.05) is 18.8 Å². The third-order valence-corrected chi connectivity index (χ3v) is 3.94. The van der Waals surface area contributed by atoms with Gasteiger partial charge < -0.3 is 5.32 Å². The number of hydrogen-bond donors (Lipinski definition) is 1. The monoisotopic (exact) mass is 327 g/mol. The van der Waals surface area contributed by atoms with Crippen molar-refractivity contribution in [1.29, 1.82) is 0 Å². The normalized spacial score (nSPS) is 12.8. The van der Waals surface area contributed by atoms with E-state index in [1.165, 1.54) is 6.33 Å². The van der Waals surface area contributed by atoms with Crippen molar-refractivity contribution in [3.8, 4) is 0 Å². The van der Waals surface area contributed by atoms with Crippen molar-refractivity contribution in [3.05, 3.63) is 41.4 Å². The molecule has 126 valence electrons. The molecule has 0 spiro atoms. The van der Waals surface area contributed by atoms with Crippen LogP contribution in [0.5, 0.6) is 0 Å². The van der Waals surface area contributed by atoms with Gasteiger partial charge >= 0.3 is 0 Å². The number of aromatic nitrogens is 6. The van der Waals surface area contributed by atoms with E-state index in [2.05, 4.69) is 25.5 Å². The van der Waals surface area contributed by atoms with Crippen LogP contribution in [0.2, 0.25) is 0 Å². The topological polar surface area (TPSA) is 90.0 Å². The smallest absolute Gasteiger partial charge is 0.270 e. The van der Waals surface area contributed by atoms with Crippen molar-refractivity contribution in [2.24, 2.45) is 13.0 Å². The van der Waals surface area contributed by atoms with Gasteiger partial charge in [0.15, 0.2) is 5.65 Å². The highest BCUT2D eigenvalue weighted by Crippen LogP contribution is 2.19. The summed E-state index contributed by atoms with van der Waals surface area (Å²) < 4.78 is 3.40. The highest BCUT2D eigenvalue weighted by Gasteiger charge is 2.24. The van der Waals surface area contributed by atoms with E-state index in [0.717, 1.165) is 17.2 Å². The van der Waals surface area contributed by atoms with Crippen molar-refractivity contribution in [2.75, 3.05) is 0 Å². The lowest BCUT2D eigenvalue weighted by molar-refractivity contribution is 0.0917. The summed E-state index contributed by atoms with van der Waals surface area (Å²) in [6.45, 7) is 7.86. The molecule has 1 amide bonds. The molecule has 0 aliphatic carbocycles. The van der Waals surface area contributed by atoms with Crippen molar-refractivity contribution in [3.63, 3.8) is 0 Å². The summed E-state index contributed by atoms with van der Waals surface area (Å²) in [5, 5.41) is 11.5. The molecule has 3 aromatic heterocycles. The molecular formula is C16H21N7O. The lowest BCUT2D eigenvalue weighted by Gasteiger charge is -2.21. The molecule has 0 aliphatic rings. The molecule has 1 atom stereocenters. The van der Waals surface area contributed by atoms with E-state index < -0.39 is 0 Å². The number of hydrogen-bond acceptors (Lipinski definition) is 5. The molecule has 0 aromatic carbocycles. The maximum Gasteiger partial charge on any atom is 0.270 e. The first-order valence-corrected chi connectivity index (χ1v) is 7.85. The Morgan fingerprint density at radius 3 is 2.62 bits per heavy atom. The predicted molar refractivity (Wildman–Crippen MR) is 88.5 cm³/mol. The molecule has 0 saturated carbocycles. The average Bonchev–Trinajstić information content (AvgIpc) is 3.09. The van der Waals surface area contributed by atoms with Crippen molar-refractivity contribution >= 4 is 11.6 Å². The second-order valence-corrected chi connectivity index (χ2v) is 6.28. The van der Waals surface area contributed by atoms with Crippen LogP contribution in [0, 0.1) is 19.8 Å². The first kappa shape index (κ1) is 16.1. The third kappa shape index (κ3) is 2.86. The zero-order valence-corrected chi connectivity index (χ0v) is 14.5. The Morgan fingerprint density at radius 1 is 1.25 bits per heavy atom. The summed E-state index contributed by atoms with van der Waals surface area (Å²) in [5.74, 6) is 0.649. The molecule has 0 aliphatic heterocycles. The molecule has 3 rings (SSSR count). The van der Waals surface area contributed by atoms with Crippen LogP contribution in [0.4, 0.5) is 0 Å². The third-order valence-electron chi connectivity index (χ3n) is 3.94. The van der Waals surface area contributed by atoms with Gasteiger partial charge in [0.05, 0.1) is 11.7 Å². The summed E-state index contributed by atoms with van der Waals surface area (Å²) in [4.78, 5) is 21.4. The van der Waals surface area contributed by atoms with E-state index in [-0.39, 0.29) is 17.9 Å². The molecule has 0 saturated heterocycles. The first-order chi connectivity index (χ1) is 11.4. The van der Waals surface area contributed by atoms with Gasteiger partial charge in [-0.3, -0.25) is 9.48 Å². The molecule has 8 heteroatoms. The zero-order chi connectivity index (χ0) is 17.4. The summed E-state index contributed by atoms with van der Waals surface area (Å²) in [7, 11) is 1.81. The Labute approximate surface area is 139 Å². The molecule has 0 unspecified atom stereocenters. The molecule has 1 N–H and O–H groups in total. The van der Waals surface area contributed by atoms with Gasteiger partial charge in [-0.05, 0) is 25.8 Å². The summed E-state index contributed by atoms with van der Waals surface area (Å²) in [5.41, 5.74) is 2.76. The van der Waals surface area contributed by atoms with Gasteiger partial charge in [-0.1, -0.05) is 13.8 Å². The zero-order valence-electron chi connectivity index (χ0n) is 14.5. The van der Waals surface area contributed by atoms with E-state index in [4.69, 9.17) is 0 Å². The quantitative estimate of drug-likeness (QED) is 0.786. The average molecular weight is 327 g/mol. The highest BCUT2D eigenvalue weighted by atomic mass is 16.2. The molecule has 0 bridgehead atoms. The number of aryl methyl sites for hydroxylation is 3. The Kier molecular flexibility index (Phi) is 4.04. The lowest BCUT2D eigenvalue weighted by atomic mass is 10.0. The second-order valence-electron chi connectivity index (χ2n) is 6.28. The summed E-state index contributed by atoms with van der Waals surface area (Å²) in [6, 6.07) is 3.35. The van der Waals surface area contributed by atoms with Crippen LogP contribution < -0.4 is 5.32 Å². The minimum atomic E-state index is -0.241. The Morgan fingerprint density at radius 2 is 2.00 bits per heavy atom. The number of fused-ring (bicyclic) bond motifs is 1. The van der Waals surface area contributed by atoms with Crippen LogP contribution >= 0.6 is 0 Å². The summed E-state index contributed by atoms with van der Waals surface area (Å²) in [6.07, 6.45) is 1.49. The Balaban J connectivity index is 1.92. The molecule has 3 aromatic rings. The molecule has 0 fully saturated rings. The minimum absolute atomic E-state index is 0.166. The van der Waals surface area contributed by atoms with E-state index in [1.807, 2.05) is 40.8 Å². The number of nitrogens with one attached hydrogen (secondary N) is 1.